The molecule has 4 rings (SSSR count). The summed E-state index contributed by atoms with van der Waals surface area (Å²) in [7, 11) is 1.64. The molecule has 0 amide bonds. The molecule has 2 heterocycles. The van der Waals surface area contributed by atoms with Crippen molar-refractivity contribution in [3.63, 3.8) is 0 Å². The highest BCUT2D eigenvalue weighted by Gasteiger charge is 2.21. The van der Waals surface area contributed by atoms with Crippen LogP contribution in [0.2, 0.25) is 0 Å². The van der Waals surface area contributed by atoms with E-state index >= 15 is 0 Å². The van der Waals surface area contributed by atoms with Gasteiger partial charge < -0.3 is 19.2 Å². The van der Waals surface area contributed by atoms with Gasteiger partial charge in [0.25, 0.3) is 0 Å². The molecule has 7 nitrogen and oxygen atoms in total. The molecule has 1 aliphatic heterocycles. The summed E-state index contributed by atoms with van der Waals surface area (Å²) < 4.78 is 11.0. The third kappa shape index (κ3) is 3.88. The van der Waals surface area contributed by atoms with E-state index in [0.29, 0.717) is 24.1 Å². The lowest BCUT2D eigenvalue weighted by Crippen LogP contribution is -2.46. The fourth-order valence-corrected chi connectivity index (χ4v) is 3.24. The van der Waals surface area contributed by atoms with Crippen molar-refractivity contribution >= 4 is 5.69 Å². The lowest BCUT2D eigenvalue weighted by Gasteiger charge is -2.35. The molecule has 1 aliphatic rings. The van der Waals surface area contributed by atoms with Crippen molar-refractivity contribution in [1.29, 1.82) is 0 Å². The van der Waals surface area contributed by atoms with Gasteiger partial charge in [-0.2, -0.15) is 0 Å². The van der Waals surface area contributed by atoms with Gasteiger partial charge in [-0.15, -0.1) is 10.2 Å². The van der Waals surface area contributed by atoms with E-state index in [9.17, 15) is 5.11 Å². The molecular formula is C20H22N4O3. The summed E-state index contributed by atoms with van der Waals surface area (Å²) in [5.74, 6) is 2.24. The maximum absolute atomic E-state index is 10.0. The van der Waals surface area contributed by atoms with Crippen LogP contribution >= 0.6 is 0 Å². The lowest BCUT2D eigenvalue weighted by atomic mass is 10.2. The summed E-state index contributed by atoms with van der Waals surface area (Å²) in [4.78, 5) is 4.48. The first-order valence-electron chi connectivity index (χ1n) is 8.95. The first kappa shape index (κ1) is 17.4. The molecular weight excluding hydrogens is 344 g/mol. The number of aromatic hydroxyl groups is 1. The van der Waals surface area contributed by atoms with Crippen molar-refractivity contribution in [3.8, 4) is 23.0 Å². The monoisotopic (exact) mass is 366 g/mol. The maximum atomic E-state index is 10.0. The Morgan fingerprint density at radius 2 is 1.74 bits per heavy atom. The van der Waals surface area contributed by atoms with Crippen LogP contribution in [-0.2, 0) is 6.54 Å². The molecule has 7 heteroatoms. The van der Waals surface area contributed by atoms with Crippen LogP contribution < -0.4 is 9.64 Å². The number of benzene rings is 2. The predicted molar refractivity (Wildman–Crippen MR) is 102 cm³/mol. The third-order valence-corrected chi connectivity index (χ3v) is 4.76. The number of rotatable bonds is 5. The van der Waals surface area contributed by atoms with Gasteiger partial charge in [0.15, 0.2) is 0 Å². The van der Waals surface area contributed by atoms with Gasteiger partial charge in [0, 0.05) is 31.7 Å². The number of nitrogens with zero attached hydrogens (tertiary/aromatic N) is 4. The largest absolute Gasteiger partial charge is 0.506 e. The van der Waals surface area contributed by atoms with Crippen LogP contribution in [0.1, 0.15) is 5.89 Å². The Kier molecular flexibility index (Phi) is 4.93. The van der Waals surface area contributed by atoms with Crippen molar-refractivity contribution in [1.82, 2.24) is 15.1 Å². The van der Waals surface area contributed by atoms with Crippen LogP contribution in [0, 0.1) is 0 Å². The van der Waals surface area contributed by atoms with E-state index < -0.39 is 0 Å². The molecule has 2 aromatic carbocycles. The highest BCUT2D eigenvalue weighted by Crippen LogP contribution is 2.27. The SMILES string of the molecule is COc1ccc(-c2nnc(CN3CCN(c4ccccc4O)CC3)o2)cc1. The Bertz CT molecular complexity index is 886. The van der Waals surface area contributed by atoms with Crippen LogP contribution in [0.5, 0.6) is 11.5 Å². The van der Waals surface area contributed by atoms with Crippen molar-refractivity contribution in [2.45, 2.75) is 6.54 Å². The maximum Gasteiger partial charge on any atom is 0.247 e. The smallest absolute Gasteiger partial charge is 0.247 e. The Morgan fingerprint density at radius 3 is 2.44 bits per heavy atom. The molecule has 1 fully saturated rings. The number of anilines is 1. The van der Waals surface area contributed by atoms with E-state index in [1.807, 2.05) is 42.5 Å². The number of hydrogen-bond acceptors (Lipinski definition) is 7. The number of piperazine rings is 1. The Morgan fingerprint density at radius 1 is 1.00 bits per heavy atom. The topological polar surface area (TPSA) is 74.9 Å². The van der Waals surface area contributed by atoms with E-state index in [-0.39, 0.29) is 0 Å². The van der Waals surface area contributed by atoms with Crippen molar-refractivity contribution in [2.24, 2.45) is 0 Å². The number of aromatic nitrogens is 2. The van der Waals surface area contributed by atoms with Gasteiger partial charge in [-0.3, -0.25) is 4.90 Å². The van der Waals surface area contributed by atoms with Crippen LogP contribution in [0.4, 0.5) is 5.69 Å². The molecule has 1 N–H and O–H groups in total. The minimum absolute atomic E-state index is 0.326. The highest BCUT2D eigenvalue weighted by atomic mass is 16.5. The minimum atomic E-state index is 0.326. The van der Waals surface area contributed by atoms with Crippen LogP contribution in [0.3, 0.4) is 0 Å². The standard InChI is InChI=1S/C20H22N4O3/c1-26-16-8-6-15(7-9-16)20-22-21-19(27-20)14-23-10-12-24(13-11-23)17-4-2-3-5-18(17)25/h2-9,25H,10-14H2,1H3. The van der Waals surface area contributed by atoms with E-state index in [4.69, 9.17) is 9.15 Å². The lowest BCUT2D eigenvalue weighted by molar-refractivity contribution is 0.226. The second kappa shape index (κ2) is 7.67. The quantitative estimate of drug-likeness (QED) is 0.744. The van der Waals surface area contributed by atoms with Gasteiger partial charge in [-0.1, -0.05) is 12.1 Å². The number of ether oxygens (including phenoxy) is 1. The van der Waals surface area contributed by atoms with Crippen LogP contribution in [0.25, 0.3) is 11.5 Å². The van der Waals surface area contributed by atoms with Crippen LogP contribution in [-0.4, -0.2) is 53.5 Å². The average molecular weight is 366 g/mol. The normalized spacial score (nSPS) is 15.1. The zero-order chi connectivity index (χ0) is 18.6. The third-order valence-electron chi connectivity index (χ3n) is 4.76. The van der Waals surface area contributed by atoms with Gasteiger partial charge in [0.05, 0.1) is 19.3 Å². The minimum Gasteiger partial charge on any atom is -0.506 e. The fourth-order valence-electron chi connectivity index (χ4n) is 3.24. The summed E-state index contributed by atoms with van der Waals surface area (Å²) in [6.45, 7) is 4.05. The Labute approximate surface area is 157 Å². The van der Waals surface area contributed by atoms with Gasteiger partial charge in [-0.05, 0) is 36.4 Å². The fraction of sp³-hybridized carbons (Fsp3) is 0.300. The van der Waals surface area contributed by atoms with Crippen molar-refractivity contribution in [3.05, 3.63) is 54.4 Å². The number of phenolic OH excluding ortho intramolecular Hbond substituents is 1. The van der Waals surface area contributed by atoms with Crippen molar-refractivity contribution in [2.75, 3.05) is 38.2 Å². The molecule has 0 atom stereocenters. The average Bonchev–Trinajstić information content (AvgIpc) is 3.18. The molecule has 0 saturated carbocycles. The van der Waals surface area contributed by atoms with Crippen molar-refractivity contribution < 1.29 is 14.3 Å². The predicted octanol–water partition coefficient (Wildman–Crippen LogP) is 2.77. The Balaban J connectivity index is 1.35. The summed E-state index contributed by atoms with van der Waals surface area (Å²) in [6.07, 6.45) is 0. The first-order chi connectivity index (χ1) is 13.2. The molecule has 0 bridgehead atoms. The van der Waals surface area contributed by atoms with Gasteiger partial charge >= 0.3 is 0 Å². The molecule has 27 heavy (non-hydrogen) atoms. The molecule has 0 unspecified atom stereocenters. The number of hydrogen-bond donors (Lipinski definition) is 1. The first-order valence-corrected chi connectivity index (χ1v) is 8.95. The molecule has 1 aromatic heterocycles. The van der Waals surface area contributed by atoms with Crippen LogP contribution in [0.15, 0.2) is 52.9 Å². The summed E-state index contributed by atoms with van der Waals surface area (Å²) >= 11 is 0. The molecule has 0 radical (unpaired) electrons. The molecule has 140 valence electrons. The molecule has 0 aliphatic carbocycles. The van der Waals surface area contributed by atoms with E-state index in [0.717, 1.165) is 43.2 Å². The summed E-state index contributed by atoms with van der Waals surface area (Å²) in [5.41, 5.74) is 1.76. The molecule has 3 aromatic rings. The zero-order valence-electron chi connectivity index (χ0n) is 15.2. The summed E-state index contributed by atoms with van der Waals surface area (Å²) in [5, 5.41) is 18.3. The number of methoxy groups -OCH3 is 1. The van der Waals surface area contributed by atoms with E-state index in [1.165, 1.54) is 0 Å². The molecule has 0 spiro atoms. The van der Waals surface area contributed by atoms with E-state index in [2.05, 4.69) is 20.0 Å². The van der Waals surface area contributed by atoms with E-state index in [1.54, 1.807) is 13.2 Å². The van der Waals surface area contributed by atoms with Gasteiger partial charge in [0.1, 0.15) is 11.5 Å². The summed E-state index contributed by atoms with van der Waals surface area (Å²) in [6, 6.07) is 15.0. The highest BCUT2D eigenvalue weighted by molar-refractivity contribution is 5.58. The second-order valence-electron chi connectivity index (χ2n) is 6.48. The Hall–Kier alpha value is -3.06. The molecule has 1 saturated heterocycles. The van der Waals surface area contributed by atoms with Gasteiger partial charge in [-0.25, -0.2) is 0 Å². The second-order valence-corrected chi connectivity index (χ2v) is 6.48. The number of para-hydroxylation sites is 2. The van der Waals surface area contributed by atoms with Gasteiger partial charge in [0.2, 0.25) is 11.8 Å². The zero-order valence-corrected chi connectivity index (χ0v) is 15.2. The number of phenols is 1.